The summed E-state index contributed by atoms with van der Waals surface area (Å²) >= 11 is 0. The first-order valence-corrected chi connectivity index (χ1v) is 8.92. The van der Waals surface area contributed by atoms with Gasteiger partial charge in [0, 0.05) is 0 Å². The molecule has 2 aromatic carbocycles. The molecule has 0 aliphatic heterocycles. The highest BCUT2D eigenvalue weighted by molar-refractivity contribution is 7.54. The van der Waals surface area contributed by atoms with Crippen molar-refractivity contribution in [3.8, 4) is 23.6 Å². The summed E-state index contributed by atoms with van der Waals surface area (Å²) in [6.07, 6.45) is -0.169. The smallest absolute Gasteiger partial charge is 0.415 e. The Bertz CT molecular complexity index is 708. The van der Waals surface area contributed by atoms with Gasteiger partial charge in [0.2, 0.25) is 0 Å². The highest BCUT2D eigenvalue weighted by Crippen LogP contribution is 2.48. The first kappa shape index (κ1) is 17.6. The van der Waals surface area contributed by atoms with Crippen molar-refractivity contribution >= 4 is 7.60 Å². The number of rotatable bonds is 8. The number of hydrogen-bond acceptors (Lipinski definition) is 6. The standard InChI is InChI=1S/C17H16N3O3P/c18-11-13-20(14-12-19)15-24(21,22-16-7-3-1-4-8-16)23-17-9-5-2-6-10-17/h1-10H,13-15H2. The first-order chi connectivity index (χ1) is 11.6. The van der Waals surface area contributed by atoms with Gasteiger partial charge in [0.15, 0.2) is 0 Å². The lowest BCUT2D eigenvalue weighted by Crippen LogP contribution is -2.28. The average Bonchev–Trinajstić information content (AvgIpc) is 2.57. The average molecular weight is 341 g/mol. The maximum Gasteiger partial charge on any atom is 0.444 e. The molecule has 24 heavy (non-hydrogen) atoms. The fourth-order valence-electron chi connectivity index (χ4n) is 1.96. The third kappa shape index (κ3) is 5.44. The largest absolute Gasteiger partial charge is 0.444 e. The van der Waals surface area contributed by atoms with Crippen LogP contribution in [0.25, 0.3) is 0 Å². The fourth-order valence-corrected chi connectivity index (χ4v) is 3.69. The van der Waals surface area contributed by atoms with Crippen molar-refractivity contribution in [1.82, 2.24) is 4.90 Å². The predicted molar refractivity (Wildman–Crippen MR) is 89.4 cm³/mol. The molecule has 122 valence electrons. The monoisotopic (exact) mass is 341 g/mol. The van der Waals surface area contributed by atoms with Gasteiger partial charge in [0.25, 0.3) is 0 Å². The van der Waals surface area contributed by atoms with E-state index in [0.29, 0.717) is 11.5 Å². The Morgan fingerprint density at radius 2 is 1.25 bits per heavy atom. The molecule has 6 nitrogen and oxygen atoms in total. The first-order valence-electron chi connectivity index (χ1n) is 7.20. The van der Waals surface area contributed by atoms with Crippen molar-refractivity contribution in [2.45, 2.75) is 0 Å². The zero-order valence-electron chi connectivity index (χ0n) is 12.9. The van der Waals surface area contributed by atoms with E-state index < -0.39 is 7.60 Å². The van der Waals surface area contributed by atoms with Gasteiger partial charge in [-0.05, 0) is 24.3 Å². The minimum absolute atomic E-state index is 0.0478. The summed E-state index contributed by atoms with van der Waals surface area (Å²) in [7, 11) is -3.65. The zero-order chi connectivity index (χ0) is 17.3. The topological polar surface area (TPSA) is 86.4 Å². The number of nitriles is 2. The summed E-state index contributed by atoms with van der Waals surface area (Å²) in [5, 5.41) is 17.7. The fraction of sp³-hybridized carbons (Fsp3) is 0.176. The molecule has 0 N–H and O–H groups in total. The van der Waals surface area contributed by atoms with Crippen molar-refractivity contribution in [2.75, 3.05) is 19.4 Å². The Balaban J connectivity index is 2.24. The van der Waals surface area contributed by atoms with Gasteiger partial charge in [0.05, 0.1) is 25.2 Å². The molecule has 0 radical (unpaired) electrons. The minimum Gasteiger partial charge on any atom is -0.415 e. The maximum atomic E-state index is 13.2. The van der Waals surface area contributed by atoms with E-state index in [4.69, 9.17) is 19.6 Å². The van der Waals surface area contributed by atoms with E-state index in [1.165, 1.54) is 4.90 Å². The highest BCUT2D eigenvalue weighted by atomic mass is 31.2. The highest BCUT2D eigenvalue weighted by Gasteiger charge is 2.31. The minimum atomic E-state index is -3.65. The third-order valence-electron chi connectivity index (χ3n) is 2.94. The molecule has 2 rings (SSSR count). The Kier molecular flexibility index (Phi) is 6.40. The van der Waals surface area contributed by atoms with Crippen molar-refractivity contribution in [1.29, 1.82) is 10.5 Å². The van der Waals surface area contributed by atoms with E-state index in [0.717, 1.165) is 0 Å². The number of nitrogens with zero attached hydrogens (tertiary/aromatic N) is 3. The van der Waals surface area contributed by atoms with Crippen LogP contribution < -0.4 is 9.05 Å². The summed E-state index contributed by atoms with van der Waals surface area (Å²) in [6, 6.07) is 21.2. The van der Waals surface area contributed by atoms with Crippen LogP contribution in [0.1, 0.15) is 0 Å². The molecule has 0 saturated heterocycles. The summed E-state index contributed by atoms with van der Waals surface area (Å²) in [4.78, 5) is 1.42. The molecule has 0 heterocycles. The van der Waals surface area contributed by atoms with Gasteiger partial charge in [-0.2, -0.15) is 10.5 Å². The van der Waals surface area contributed by atoms with E-state index in [9.17, 15) is 4.57 Å². The molecular weight excluding hydrogens is 325 g/mol. The van der Waals surface area contributed by atoms with E-state index in [1.807, 2.05) is 24.3 Å². The van der Waals surface area contributed by atoms with E-state index in [1.54, 1.807) is 48.5 Å². The van der Waals surface area contributed by atoms with Crippen LogP contribution in [-0.2, 0) is 4.57 Å². The van der Waals surface area contributed by atoms with Crippen LogP contribution in [0.4, 0.5) is 0 Å². The van der Waals surface area contributed by atoms with Crippen LogP contribution in [0, 0.1) is 22.7 Å². The van der Waals surface area contributed by atoms with Gasteiger partial charge in [-0.3, -0.25) is 4.90 Å². The molecule has 0 unspecified atom stereocenters. The molecule has 0 fully saturated rings. The van der Waals surface area contributed by atoms with E-state index in [-0.39, 0.29) is 19.4 Å². The molecule has 2 aromatic rings. The van der Waals surface area contributed by atoms with Gasteiger partial charge >= 0.3 is 7.60 Å². The molecule has 0 atom stereocenters. The van der Waals surface area contributed by atoms with E-state index >= 15 is 0 Å². The second kappa shape index (κ2) is 8.74. The molecule has 0 bridgehead atoms. The van der Waals surface area contributed by atoms with Gasteiger partial charge in [-0.1, -0.05) is 36.4 Å². The molecule has 7 heteroatoms. The Morgan fingerprint density at radius 1 is 0.833 bits per heavy atom. The van der Waals surface area contributed by atoms with Crippen molar-refractivity contribution < 1.29 is 13.6 Å². The van der Waals surface area contributed by atoms with Gasteiger partial charge in [0.1, 0.15) is 17.8 Å². The summed E-state index contributed by atoms with van der Waals surface area (Å²) < 4.78 is 24.4. The molecular formula is C17H16N3O3P. The normalized spacial score (nSPS) is 10.6. The van der Waals surface area contributed by atoms with Crippen LogP contribution in [0.3, 0.4) is 0 Å². The number of para-hydroxylation sites is 2. The molecule has 0 amide bonds. The van der Waals surface area contributed by atoms with Gasteiger partial charge < -0.3 is 9.05 Å². The van der Waals surface area contributed by atoms with Crippen molar-refractivity contribution in [3.05, 3.63) is 60.7 Å². The van der Waals surface area contributed by atoms with E-state index in [2.05, 4.69) is 0 Å². The van der Waals surface area contributed by atoms with Crippen LogP contribution in [0.15, 0.2) is 60.7 Å². The second-order valence-corrected chi connectivity index (χ2v) is 6.73. The van der Waals surface area contributed by atoms with Gasteiger partial charge in [-0.25, -0.2) is 4.57 Å². The lowest BCUT2D eigenvalue weighted by atomic mass is 10.3. The molecule has 0 saturated carbocycles. The molecule has 0 aromatic heterocycles. The van der Waals surface area contributed by atoms with Crippen molar-refractivity contribution in [3.63, 3.8) is 0 Å². The molecule has 0 spiro atoms. The lowest BCUT2D eigenvalue weighted by Gasteiger charge is -2.24. The van der Waals surface area contributed by atoms with Crippen LogP contribution >= 0.6 is 7.60 Å². The second-order valence-electron chi connectivity index (χ2n) is 4.86. The van der Waals surface area contributed by atoms with Gasteiger partial charge in [-0.15, -0.1) is 0 Å². The van der Waals surface area contributed by atoms with Crippen LogP contribution in [-0.4, -0.2) is 24.3 Å². The zero-order valence-corrected chi connectivity index (χ0v) is 13.8. The van der Waals surface area contributed by atoms with Crippen molar-refractivity contribution in [2.24, 2.45) is 0 Å². The Morgan fingerprint density at radius 3 is 1.62 bits per heavy atom. The van der Waals surface area contributed by atoms with Crippen LogP contribution in [0.5, 0.6) is 11.5 Å². The lowest BCUT2D eigenvalue weighted by molar-refractivity contribution is 0.325. The quantitative estimate of drug-likeness (QED) is 0.538. The summed E-state index contributed by atoms with van der Waals surface area (Å²) in [5.41, 5.74) is 0. The molecule has 0 aliphatic rings. The Labute approximate surface area is 141 Å². The molecule has 0 aliphatic carbocycles. The predicted octanol–water partition coefficient (Wildman–Crippen LogP) is 3.64. The SMILES string of the molecule is N#CCN(CC#N)CP(=O)(Oc1ccccc1)Oc1ccccc1. The Hall–Kier alpha value is -2.79. The van der Waals surface area contributed by atoms with Crippen LogP contribution in [0.2, 0.25) is 0 Å². The summed E-state index contributed by atoms with van der Waals surface area (Å²) in [5.74, 6) is 0.788. The summed E-state index contributed by atoms with van der Waals surface area (Å²) in [6.45, 7) is -0.0955. The number of hydrogen-bond donors (Lipinski definition) is 0. The third-order valence-corrected chi connectivity index (χ3v) is 4.66. The number of benzene rings is 2. The maximum absolute atomic E-state index is 13.2.